The van der Waals surface area contributed by atoms with E-state index in [1.807, 2.05) is 18.0 Å². The van der Waals surface area contributed by atoms with Gasteiger partial charge in [-0.3, -0.25) is 0 Å². The number of benzene rings is 1. The second-order valence-electron chi connectivity index (χ2n) is 4.16. The molecule has 0 saturated carbocycles. The summed E-state index contributed by atoms with van der Waals surface area (Å²) < 4.78 is 19.0. The fraction of sp³-hybridized carbons (Fsp3) is 0.417. The van der Waals surface area contributed by atoms with Crippen molar-refractivity contribution in [2.45, 2.75) is 12.5 Å². The fourth-order valence-electron chi connectivity index (χ4n) is 1.96. The summed E-state index contributed by atoms with van der Waals surface area (Å²) >= 11 is 4.77. The summed E-state index contributed by atoms with van der Waals surface area (Å²) in [5.74, 6) is -0.374. The standard InChI is InChI=1S/C12H15FN2OS/c1-15(9-4-5-16-7-9)8-2-3-10(12(14)17)11(13)6-8/h2-3,6,9H,4-5,7H2,1H3,(H2,14,17). The number of ether oxygens (including phenoxy) is 1. The summed E-state index contributed by atoms with van der Waals surface area (Å²) in [4.78, 5) is 2.11. The molecule has 0 amide bonds. The first-order valence-corrected chi connectivity index (χ1v) is 5.90. The first kappa shape index (κ1) is 12.3. The van der Waals surface area contributed by atoms with Gasteiger partial charge in [-0.05, 0) is 24.6 Å². The number of anilines is 1. The molecule has 1 fully saturated rings. The van der Waals surface area contributed by atoms with Crippen molar-refractivity contribution in [2.75, 3.05) is 25.2 Å². The number of nitrogens with two attached hydrogens (primary N) is 1. The maximum Gasteiger partial charge on any atom is 0.135 e. The lowest BCUT2D eigenvalue weighted by Crippen LogP contribution is -2.31. The first-order valence-electron chi connectivity index (χ1n) is 5.49. The first-order chi connectivity index (χ1) is 8.09. The number of hydrogen-bond donors (Lipinski definition) is 1. The van der Waals surface area contributed by atoms with Crippen molar-refractivity contribution in [3.63, 3.8) is 0 Å². The maximum absolute atomic E-state index is 13.7. The van der Waals surface area contributed by atoms with Gasteiger partial charge >= 0.3 is 0 Å². The molecule has 1 aromatic rings. The van der Waals surface area contributed by atoms with E-state index in [-0.39, 0.29) is 10.8 Å². The number of hydrogen-bond acceptors (Lipinski definition) is 3. The lowest BCUT2D eigenvalue weighted by Gasteiger charge is -2.25. The van der Waals surface area contributed by atoms with Crippen LogP contribution in [0.5, 0.6) is 0 Å². The predicted octanol–water partition coefficient (Wildman–Crippen LogP) is 1.69. The summed E-state index contributed by atoms with van der Waals surface area (Å²) in [6, 6.07) is 5.23. The Labute approximate surface area is 105 Å². The minimum atomic E-state index is -0.374. The second kappa shape index (κ2) is 4.98. The largest absolute Gasteiger partial charge is 0.389 e. The summed E-state index contributed by atoms with van der Waals surface area (Å²) in [6.07, 6.45) is 0.967. The molecule has 5 heteroatoms. The lowest BCUT2D eigenvalue weighted by atomic mass is 10.1. The summed E-state index contributed by atoms with van der Waals surface area (Å²) in [7, 11) is 1.94. The highest BCUT2D eigenvalue weighted by molar-refractivity contribution is 7.80. The number of halogens is 1. The van der Waals surface area contributed by atoms with E-state index in [4.69, 9.17) is 22.7 Å². The van der Waals surface area contributed by atoms with Crippen LogP contribution in [0.4, 0.5) is 10.1 Å². The molecule has 1 heterocycles. The molecule has 3 nitrogen and oxygen atoms in total. The van der Waals surface area contributed by atoms with Crippen LogP contribution in [0.25, 0.3) is 0 Å². The monoisotopic (exact) mass is 254 g/mol. The van der Waals surface area contributed by atoms with Crippen molar-refractivity contribution in [1.82, 2.24) is 0 Å². The Morgan fingerprint density at radius 3 is 2.88 bits per heavy atom. The van der Waals surface area contributed by atoms with Crippen LogP contribution in [0.2, 0.25) is 0 Å². The average Bonchev–Trinajstić information content (AvgIpc) is 2.80. The molecule has 1 unspecified atom stereocenters. The summed E-state index contributed by atoms with van der Waals surface area (Å²) in [5, 5.41) is 0. The molecule has 0 aromatic heterocycles. The predicted molar refractivity (Wildman–Crippen MR) is 69.9 cm³/mol. The Morgan fingerprint density at radius 1 is 1.59 bits per heavy atom. The molecule has 1 saturated heterocycles. The number of likely N-dealkylation sites (N-methyl/N-ethyl adjacent to an activating group) is 1. The van der Waals surface area contributed by atoms with Gasteiger partial charge in [-0.15, -0.1) is 0 Å². The Hall–Kier alpha value is -1.20. The van der Waals surface area contributed by atoms with E-state index in [0.717, 1.165) is 18.7 Å². The molecule has 2 N–H and O–H groups in total. The smallest absolute Gasteiger partial charge is 0.135 e. The normalized spacial score (nSPS) is 19.3. The molecule has 1 aromatic carbocycles. The molecule has 2 rings (SSSR count). The zero-order valence-corrected chi connectivity index (χ0v) is 10.5. The third-order valence-corrected chi connectivity index (χ3v) is 3.30. The molecular weight excluding hydrogens is 239 g/mol. The van der Waals surface area contributed by atoms with E-state index >= 15 is 0 Å². The van der Waals surface area contributed by atoms with Crippen LogP contribution in [0.3, 0.4) is 0 Å². The Bertz CT molecular complexity index is 433. The van der Waals surface area contributed by atoms with Crippen LogP contribution in [0.1, 0.15) is 12.0 Å². The van der Waals surface area contributed by atoms with Crippen molar-refractivity contribution in [1.29, 1.82) is 0 Å². The number of thiocarbonyl (C=S) groups is 1. The van der Waals surface area contributed by atoms with Gasteiger partial charge in [-0.2, -0.15) is 0 Å². The minimum Gasteiger partial charge on any atom is -0.389 e. The molecule has 92 valence electrons. The second-order valence-corrected chi connectivity index (χ2v) is 4.60. The van der Waals surface area contributed by atoms with E-state index in [1.165, 1.54) is 6.07 Å². The van der Waals surface area contributed by atoms with Gasteiger partial charge in [-0.1, -0.05) is 12.2 Å². The highest BCUT2D eigenvalue weighted by Crippen LogP contribution is 2.22. The van der Waals surface area contributed by atoms with Crippen molar-refractivity contribution < 1.29 is 9.13 Å². The van der Waals surface area contributed by atoms with Gasteiger partial charge in [0.25, 0.3) is 0 Å². The third kappa shape index (κ3) is 2.56. The van der Waals surface area contributed by atoms with Crippen molar-refractivity contribution in [2.24, 2.45) is 5.73 Å². The topological polar surface area (TPSA) is 38.5 Å². The Morgan fingerprint density at radius 2 is 2.35 bits per heavy atom. The van der Waals surface area contributed by atoms with Crippen molar-refractivity contribution in [3.05, 3.63) is 29.6 Å². The van der Waals surface area contributed by atoms with Crippen LogP contribution >= 0.6 is 12.2 Å². The lowest BCUT2D eigenvalue weighted by molar-refractivity contribution is 0.193. The van der Waals surface area contributed by atoms with E-state index in [1.54, 1.807) is 6.07 Å². The van der Waals surface area contributed by atoms with E-state index in [2.05, 4.69) is 0 Å². The van der Waals surface area contributed by atoms with Gasteiger partial charge in [0.15, 0.2) is 0 Å². The highest BCUT2D eigenvalue weighted by atomic mass is 32.1. The zero-order chi connectivity index (χ0) is 12.4. The molecule has 1 atom stereocenters. The molecular formula is C12H15FN2OS. The molecule has 0 radical (unpaired) electrons. The molecule has 0 bridgehead atoms. The van der Waals surface area contributed by atoms with E-state index < -0.39 is 0 Å². The van der Waals surface area contributed by atoms with Crippen LogP contribution in [-0.2, 0) is 4.74 Å². The molecule has 0 aliphatic carbocycles. The SMILES string of the molecule is CN(c1ccc(C(N)=S)c(F)c1)C1CCOC1. The van der Waals surface area contributed by atoms with Gasteiger partial charge < -0.3 is 15.4 Å². The van der Waals surface area contributed by atoms with Crippen LogP contribution in [-0.4, -0.2) is 31.3 Å². The number of nitrogens with zero attached hydrogens (tertiary/aromatic N) is 1. The quantitative estimate of drug-likeness (QED) is 0.833. The van der Waals surface area contributed by atoms with Crippen LogP contribution < -0.4 is 10.6 Å². The summed E-state index contributed by atoms with van der Waals surface area (Å²) in [6.45, 7) is 1.46. The van der Waals surface area contributed by atoms with Gasteiger partial charge in [0.05, 0.1) is 12.6 Å². The molecule has 17 heavy (non-hydrogen) atoms. The van der Waals surface area contributed by atoms with Crippen molar-refractivity contribution in [3.8, 4) is 0 Å². The highest BCUT2D eigenvalue weighted by Gasteiger charge is 2.21. The van der Waals surface area contributed by atoms with E-state index in [9.17, 15) is 4.39 Å². The maximum atomic E-state index is 13.7. The van der Waals surface area contributed by atoms with Gasteiger partial charge in [0.1, 0.15) is 10.8 Å². The Balaban J connectivity index is 2.21. The number of rotatable bonds is 3. The molecule has 1 aliphatic rings. The minimum absolute atomic E-state index is 0.0842. The van der Waals surface area contributed by atoms with Crippen LogP contribution in [0.15, 0.2) is 18.2 Å². The third-order valence-electron chi connectivity index (χ3n) is 3.08. The molecule has 0 spiro atoms. The van der Waals surface area contributed by atoms with Crippen LogP contribution in [0, 0.1) is 5.82 Å². The van der Waals surface area contributed by atoms with Gasteiger partial charge in [0, 0.05) is 24.9 Å². The molecule has 1 aliphatic heterocycles. The average molecular weight is 254 g/mol. The van der Waals surface area contributed by atoms with E-state index in [0.29, 0.717) is 18.2 Å². The zero-order valence-electron chi connectivity index (χ0n) is 9.65. The van der Waals surface area contributed by atoms with Crippen molar-refractivity contribution >= 4 is 22.9 Å². The van der Waals surface area contributed by atoms with Gasteiger partial charge in [0.2, 0.25) is 0 Å². The fourth-order valence-corrected chi connectivity index (χ4v) is 2.13. The Kier molecular flexibility index (Phi) is 3.59. The summed E-state index contributed by atoms with van der Waals surface area (Å²) in [5.41, 5.74) is 6.53. The van der Waals surface area contributed by atoms with Gasteiger partial charge in [-0.25, -0.2) is 4.39 Å².